The summed E-state index contributed by atoms with van der Waals surface area (Å²) in [6.45, 7) is 2.94. The van der Waals surface area contributed by atoms with Crippen LogP contribution in [0.4, 0.5) is 5.69 Å². The molecule has 33 heavy (non-hydrogen) atoms. The fourth-order valence-electron chi connectivity index (χ4n) is 3.87. The van der Waals surface area contributed by atoms with E-state index in [1.54, 1.807) is 36.3 Å². The number of hydrogen-bond acceptors (Lipinski definition) is 3. The lowest BCUT2D eigenvalue weighted by molar-refractivity contribution is -0.116. The number of anilines is 1. The molecule has 3 aromatic carbocycles. The van der Waals surface area contributed by atoms with Crippen LogP contribution in [0.1, 0.15) is 22.8 Å². The molecule has 6 nitrogen and oxygen atoms in total. The van der Waals surface area contributed by atoms with Gasteiger partial charge in [-0.25, -0.2) is 0 Å². The fraction of sp³-hybridized carbons (Fsp3) is 0.185. The lowest BCUT2D eigenvalue weighted by Crippen LogP contribution is -2.37. The fourth-order valence-corrected chi connectivity index (χ4v) is 3.87. The zero-order valence-corrected chi connectivity index (χ0v) is 18.8. The van der Waals surface area contributed by atoms with Crippen molar-refractivity contribution in [3.8, 4) is 5.75 Å². The van der Waals surface area contributed by atoms with Crippen molar-refractivity contribution in [2.75, 3.05) is 25.5 Å². The molecule has 0 aliphatic carbocycles. The Balaban J connectivity index is 1.53. The van der Waals surface area contributed by atoms with Gasteiger partial charge in [-0.3, -0.25) is 9.59 Å². The number of amides is 2. The second-order valence-electron chi connectivity index (χ2n) is 7.77. The zero-order valence-electron chi connectivity index (χ0n) is 18.8. The SMILES string of the molecule is CCN(CC(=O)Nc1ccc(OC)cc1)C(=O)c1cn(Cc2ccccc2)c2ccccc12. The van der Waals surface area contributed by atoms with E-state index in [9.17, 15) is 9.59 Å². The van der Waals surface area contributed by atoms with Gasteiger partial charge in [0.25, 0.3) is 5.91 Å². The van der Waals surface area contributed by atoms with Gasteiger partial charge in [-0.15, -0.1) is 0 Å². The molecule has 0 aliphatic rings. The molecule has 4 aromatic rings. The van der Waals surface area contributed by atoms with Gasteiger partial charge in [-0.05, 0) is 42.8 Å². The van der Waals surface area contributed by atoms with Gasteiger partial charge in [0.1, 0.15) is 12.3 Å². The molecule has 0 saturated heterocycles. The van der Waals surface area contributed by atoms with Crippen molar-refractivity contribution in [1.29, 1.82) is 0 Å². The number of nitrogens with one attached hydrogen (secondary N) is 1. The maximum atomic E-state index is 13.4. The van der Waals surface area contributed by atoms with Crippen molar-refractivity contribution in [2.45, 2.75) is 13.5 Å². The Morgan fingerprint density at radius 2 is 1.64 bits per heavy atom. The molecule has 6 heteroatoms. The first-order valence-electron chi connectivity index (χ1n) is 10.9. The van der Waals surface area contributed by atoms with Crippen LogP contribution in [0, 0.1) is 0 Å². The molecule has 0 atom stereocenters. The molecule has 0 radical (unpaired) electrons. The quantitative estimate of drug-likeness (QED) is 0.427. The maximum absolute atomic E-state index is 13.4. The first-order valence-corrected chi connectivity index (χ1v) is 10.9. The number of rotatable bonds is 8. The molecule has 1 heterocycles. The number of methoxy groups -OCH3 is 1. The number of hydrogen-bond donors (Lipinski definition) is 1. The molecule has 0 fully saturated rings. The molecular weight excluding hydrogens is 414 g/mol. The topological polar surface area (TPSA) is 63.6 Å². The van der Waals surface area contributed by atoms with Gasteiger partial charge >= 0.3 is 0 Å². The summed E-state index contributed by atoms with van der Waals surface area (Å²) in [5, 5.41) is 3.73. The average Bonchev–Trinajstić information content (AvgIpc) is 3.21. The highest BCUT2D eigenvalue weighted by atomic mass is 16.5. The first-order chi connectivity index (χ1) is 16.1. The third-order valence-electron chi connectivity index (χ3n) is 5.59. The lowest BCUT2D eigenvalue weighted by Gasteiger charge is -2.20. The van der Waals surface area contributed by atoms with Crippen LogP contribution in [0.2, 0.25) is 0 Å². The van der Waals surface area contributed by atoms with E-state index in [2.05, 4.69) is 22.0 Å². The van der Waals surface area contributed by atoms with Gasteiger partial charge in [0, 0.05) is 35.9 Å². The van der Waals surface area contributed by atoms with E-state index in [-0.39, 0.29) is 18.4 Å². The van der Waals surface area contributed by atoms with Crippen LogP contribution in [0.5, 0.6) is 5.75 Å². The normalized spacial score (nSPS) is 10.7. The second-order valence-corrected chi connectivity index (χ2v) is 7.77. The highest BCUT2D eigenvalue weighted by Gasteiger charge is 2.22. The van der Waals surface area contributed by atoms with Crippen LogP contribution in [-0.4, -0.2) is 41.5 Å². The van der Waals surface area contributed by atoms with Crippen molar-refractivity contribution in [3.63, 3.8) is 0 Å². The third-order valence-corrected chi connectivity index (χ3v) is 5.59. The average molecular weight is 442 g/mol. The van der Waals surface area contributed by atoms with E-state index in [4.69, 9.17) is 4.74 Å². The monoisotopic (exact) mass is 441 g/mol. The van der Waals surface area contributed by atoms with E-state index < -0.39 is 0 Å². The molecular formula is C27H27N3O3. The number of nitrogens with zero attached hydrogens (tertiary/aromatic N) is 2. The Hall–Kier alpha value is -4.06. The smallest absolute Gasteiger partial charge is 0.256 e. The van der Waals surface area contributed by atoms with E-state index in [1.807, 2.05) is 55.6 Å². The zero-order chi connectivity index (χ0) is 23.2. The van der Waals surface area contributed by atoms with Crippen LogP contribution >= 0.6 is 0 Å². The van der Waals surface area contributed by atoms with Gasteiger partial charge in [-0.2, -0.15) is 0 Å². The molecule has 0 aliphatic heterocycles. The maximum Gasteiger partial charge on any atom is 0.256 e. The number of fused-ring (bicyclic) bond motifs is 1. The van der Waals surface area contributed by atoms with Gasteiger partial charge in [0.2, 0.25) is 5.91 Å². The second kappa shape index (κ2) is 10.0. The Labute approximate surface area is 193 Å². The van der Waals surface area contributed by atoms with E-state index in [1.165, 1.54) is 0 Å². The number of aromatic nitrogens is 1. The number of carbonyl (C=O) groups is 2. The van der Waals surface area contributed by atoms with Crippen molar-refractivity contribution >= 4 is 28.4 Å². The lowest BCUT2D eigenvalue weighted by atomic mass is 10.1. The summed E-state index contributed by atoms with van der Waals surface area (Å²) >= 11 is 0. The summed E-state index contributed by atoms with van der Waals surface area (Å²) in [6, 6.07) is 25.1. The number of likely N-dealkylation sites (N-methyl/N-ethyl adjacent to an activating group) is 1. The molecule has 1 N–H and O–H groups in total. The van der Waals surface area contributed by atoms with Gasteiger partial charge in [-0.1, -0.05) is 48.5 Å². The van der Waals surface area contributed by atoms with E-state index in [0.717, 1.165) is 16.5 Å². The van der Waals surface area contributed by atoms with Crippen LogP contribution in [0.25, 0.3) is 10.9 Å². The van der Waals surface area contributed by atoms with E-state index in [0.29, 0.717) is 30.1 Å². The van der Waals surface area contributed by atoms with Gasteiger partial charge < -0.3 is 19.5 Å². The number of ether oxygens (including phenoxy) is 1. The van der Waals surface area contributed by atoms with Crippen LogP contribution in [0.15, 0.2) is 85.1 Å². The number of benzene rings is 3. The minimum absolute atomic E-state index is 0.0282. The summed E-state index contributed by atoms with van der Waals surface area (Å²) in [4.78, 5) is 27.6. The van der Waals surface area contributed by atoms with E-state index >= 15 is 0 Å². The number of carbonyl (C=O) groups excluding carboxylic acids is 2. The predicted molar refractivity (Wildman–Crippen MR) is 131 cm³/mol. The van der Waals surface area contributed by atoms with Crippen molar-refractivity contribution < 1.29 is 14.3 Å². The van der Waals surface area contributed by atoms with Crippen LogP contribution in [0.3, 0.4) is 0 Å². The van der Waals surface area contributed by atoms with Crippen molar-refractivity contribution in [1.82, 2.24) is 9.47 Å². The summed E-state index contributed by atoms with van der Waals surface area (Å²) in [7, 11) is 1.59. The largest absolute Gasteiger partial charge is 0.497 e. The minimum atomic E-state index is -0.247. The van der Waals surface area contributed by atoms with Gasteiger partial charge in [0.15, 0.2) is 0 Å². The molecule has 4 rings (SSSR count). The highest BCUT2D eigenvalue weighted by Crippen LogP contribution is 2.24. The minimum Gasteiger partial charge on any atom is -0.497 e. The summed E-state index contributed by atoms with van der Waals surface area (Å²) < 4.78 is 7.23. The summed E-state index contributed by atoms with van der Waals surface area (Å²) in [6.07, 6.45) is 1.89. The molecule has 1 aromatic heterocycles. The molecule has 0 unspecified atom stereocenters. The molecule has 168 valence electrons. The molecule has 0 spiro atoms. The Morgan fingerprint density at radius 3 is 2.33 bits per heavy atom. The van der Waals surface area contributed by atoms with Crippen molar-refractivity contribution in [2.24, 2.45) is 0 Å². The highest BCUT2D eigenvalue weighted by molar-refractivity contribution is 6.08. The third kappa shape index (κ3) is 5.06. The van der Waals surface area contributed by atoms with Gasteiger partial charge in [0.05, 0.1) is 12.7 Å². The summed E-state index contributed by atoms with van der Waals surface area (Å²) in [5.41, 5.74) is 3.40. The van der Waals surface area contributed by atoms with Crippen LogP contribution in [-0.2, 0) is 11.3 Å². The summed E-state index contributed by atoms with van der Waals surface area (Å²) in [5.74, 6) is 0.305. The van der Waals surface area contributed by atoms with Crippen molar-refractivity contribution in [3.05, 3.63) is 96.2 Å². The molecule has 2 amide bonds. The Bertz CT molecular complexity index is 1250. The molecule has 0 saturated carbocycles. The first kappa shape index (κ1) is 22.1. The Morgan fingerprint density at radius 1 is 0.939 bits per heavy atom. The predicted octanol–water partition coefficient (Wildman–Crippen LogP) is 4.80. The number of para-hydroxylation sites is 1. The van der Waals surface area contributed by atoms with Crippen LogP contribution < -0.4 is 10.1 Å². The standard InChI is InChI=1S/C27H27N3O3/c1-3-29(19-26(31)28-21-13-15-22(33-2)16-14-21)27(32)24-18-30(17-20-9-5-4-6-10-20)25-12-8-7-11-23(24)25/h4-16,18H,3,17,19H2,1-2H3,(H,28,31). The Kier molecular flexibility index (Phi) is 6.74. The molecule has 0 bridgehead atoms.